The van der Waals surface area contributed by atoms with Crippen molar-refractivity contribution in [1.82, 2.24) is 5.32 Å². The van der Waals surface area contributed by atoms with Crippen molar-refractivity contribution in [1.29, 1.82) is 0 Å². The Kier molecular flexibility index (Phi) is 3.09. The predicted molar refractivity (Wildman–Crippen MR) is 75.7 cm³/mol. The Balaban J connectivity index is 1.71. The number of nitrogens with two attached hydrogens (primary N) is 1. The predicted octanol–water partition coefficient (Wildman–Crippen LogP) is 2.41. The van der Waals surface area contributed by atoms with E-state index in [1.807, 2.05) is 19.1 Å². The molecular formula is C16H22N2O. The second kappa shape index (κ2) is 4.64. The van der Waals surface area contributed by atoms with Gasteiger partial charge < -0.3 is 11.1 Å². The second-order valence-electron chi connectivity index (χ2n) is 6.14. The van der Waals surface area contributed by atoms with Gasteiger partial charge in [-0.05, 0) is 50.2 Å². The van der Waals surface area contributed by atoms with Crippen LogP contribution in [0.25, 0.3) is 0 Å². The van der Waals surface area contributed by atoms with Crippen molar-refractivity contribution < 1.29 is 4.79 Å². The molecule has 1 amide bonds. The SMILES string of the molecule is CC(C(=O)NC1CCC1)c1cccc(C2(N)CC2)c1. The van der Waals surface area contributed by atoms with Crippen molar-refractivity contribution in [2.45, 2.75) is 56.5 Å². The van der Waals surface area contributed by atoms with E-state index in [1.165, 1.54) is 12.0 Å². The lowest BCUT2D eigenvalue weighted by molar-refractivity contribution is -0.123. The highest BCUT2D eigenvalue weighted by molar-refractivity contribution is 5.83. The van der Waals surface area contributed by atoms with Crippen LogP contribution in [0.5, 0.6) is 0 Å². The first-order chi connectivity index (χ1) is 9.08. The van der Waals surface area contributed by atoms with Crippen molar-refractivity contribution in [2.75, 3.05) is 0 Å². The van der Waals surface area contributed by atoms with E-state index in [0.29, 0.717) is 6.04 Å². The van der Waals surface area contributed by atoms with Crippen LogP contribution in [-0.2, 0) is 10.3 Å². The van der Waals surface area contributed by atoms with Crippen LogP contribution in [-0.4, -0.2) is 11.9 Å². The molecule has 1 unspecified atom stereocenters. The minimum Gasteiger partial charge on any atom is -0.353 e. The molecule has 1 aromatic carbocycles. The van der Waals surface area contributed by atoms with Crippen LogP contribution in [0.15, 0.2) is 24.3 Å². The second-order valence-corrected chi connectivity index (χ2v) is 6.14. The zero-order valence-electron chi connectivity index (χ0n) is 11.5. The van der Waals surface area contributed by atoms with Crippen molar-refractivity contribution in [3.05, 3.63) is 35.4 Å². The van der Waals surface area contributed by atoms with E-state index < -0.39 is 0 Å². The van der Waals surface area contributed by atoms with Gasteiger partial charge in [-0.1, -0.05) is 24.3 Å². The summed E-state index contributed by atoms with van der Waals surface area (Å²) in [6.45, 7) is 1.98. The Hall–Kier alpha value is -1.35. The minimum atomic E-state index is -0.125. The molecule has 0 aromatic heterocycles. The van der Waals surface area contributed by atoms with Gasteiger partial charge in [0.05, 0.1) is 5.92 Å². The van der Waals surface area contributed by atoms with Gasteiger partial charge in [0.25, 0.3) is 0 Å². The van der Waals surface area contributed by atoms with Gasteiger partial charge in [-0.3, -0.25) is 4.79 Å². The van der Waals surface area contributed by atoms with Gasteiger partial charge in [-0.15, -0.1) is 0 Å². The topological polar surface area (TPSA) is 55.1 Å². The fourth-order valence-corrected chi connectivity index (χ4v) is 2.57. The lowest BCUT2D eigenvalue weighted by Crippen LogP contribution is -2.41. The molecule has 19 heavy (non-hydrogen) atoms. The monoisotopic (exact) mass is 258 g/mol. The van der Waals surface area contributed by atoms with E-state index in [2.05, 4.69) is 17.4 Å². The molecule has 0 spiro atoms. The Morgan fingerprint density at radius 2 is 2.16 bits per heavy atom. The molecule has 0 saturated heterocycles. The maximum absolute atomic E-state index is 12.2. The molecule has 102 valence electrons. The number of nitrogens with one attached hydrogen (secondary N) is 1. The molecule has 1 aromatic rings. The van der Waals surface area contributed by atoms with E-state index in [0.717, 1.165) is 31.2 Å². The van der Waals surface area contributed by atoms with Crippen LogP contribution < -0.4 is 11.1 Å². The minimum absolute atomic E-state index is 0.0945. The Labute approximate surface area is 114 Å². The third-order valence-electron chi connectivity index (χ3n) is 4.60. The van der Waals surface area contributed by atoms with Crippen LogP contribution >= 0.6 is 0 Å². The number of rotatable bonds is 4. The summed E-state index contributed by atoms with van der Waals surface area (Å²) >= 11 is 0. The summed E-state index contributed by atoms with van der Waals surface area (Å²) in [6, 6.07) is 8.64. The van der Waals surface area contributed by atoms with Crippen LogP contribution in [0, 0.1) is 0 Å². The zero-order chi connectivity index (χ0) is 13.5. The maximum atomic E-state index is 12.2. The quantitative estimate of drug-likeness (QED) is 0.871. The Morgan fingerprint density at radius 3 is 2.74 bits per heavy atom. The largest absolute Gasteiger partial charge is 0.353 e. The molecule has 0 heterocycles. The maximum Gasteiger partial charge on any atom is 0.227 e. The summed E-state index contributed by atoms with van der Waals surface area (Å²) in [4.78, 5) is 12.2. The molecule has 2 aliphatic carbocycles. The molecule has 1 atom stereocenters. The summed E-state index contributed by atoms with van der Waals surface area (Å²) in [5, 5.41) is 3.12. The number of hydrogen-bond donors (Lipinski definition) is 2. The number of carbonyl (C=O) groups is 1. The summed E-state index contributed by atoms with van der Waals surface area (Å²) in [7, 11) is 0. The van der Waals surface area contributed by atoms with E-state index in [-0.39, 0.29) is 17.4 Å². The van der Waals surface area contributed by atoms with Gasteiger partial charge >= 0.3 is 0 Å². The van der Waals surface area contributed by atoms with Gasteiger partial charge in [0.2, 0.25) is 5.91 Å². The Bertz CT molecular complexity index is 489. The molecule has 0 bridgehead atoms. The molecule has 0 aliphatic heterocycles. The van der Waals surface area contributed by atoms with Gasteiger partial charge in [-0.25, -0.2) is 0 Å². The number of hydrogen-bond acceptors (Lipinski definition) is 2. The van der Waals surface area contributed by atoms with Crippen molar-refractivity contribution >= 4 is 5.91 Å². The van der Waals surface area contributed by atoms with Crippen molar-refractivity contribution in [3.63, 3.8) is 0 Å². The molecule has 3 N–H and O–H groups in total. The molecule has 2 aliphatic rings. The number of benzene rings is 1. The van der Waals surface area contributed by atoms with Gasteiger partial charge in [0, 0.05) is 11.6 Å². The summed E-state index contributed by atoms with van der Waals surface area (Å²) in [5.41, 5.74) is 8.35. The average Bonchev–Trinajstić information content (AvgIpc) is 3.12. The molecule has 3 rings (SSSR count). The Morgan fingerprint density at radius 1 is 1.42 bits per heavy atom. The average molecular weight is 258 g/mol. The molecule has 3 nitrogen and oxygen atoms in total. The number of amides is 1. The molecule has 3 heteroatoms. The summed E-state index contributed by atoms with van der Waals surface area (Å²) in [5.74, 6) is 0.0478. The third-order valence-corrected chi connectivity index (χ3v) is 4.60. The summed E-state index contributed by atoms with van der Waals surface area (Å²) in [6.07, 6.45) is 5.61. The smallest absolute Gasteiger partial charge is 0.227 e. The lowest BCUT2D eigenvalue weighted by Gasteiger charge is -2.28. The van der Waals surface area contributed by atoms with Gasteiger partial charge in [0.15, 0.2) is 0 Å². The van der Waals surface area contributed by atoms with Crippen LogP contribution in [0.1, 0.15) is 56.1 Å². The normalized spacial score (nSPS) is 22.4. The zero-order valence-corrected chi connectivity index (χ0v) is 11.5. The third kappa shape index (κ3) is 2.52. The first-order valence-electron chi connectivity index (χ1n) is 7.28. The molecular weight excluding hydrogens is 236 g/mol. The van der Waals surface area contributed by atoms with Crippen LogP contribution in [0.4, 0.5) is 0 Å². The highest BCUT2D eigenvalue weighted by Crippen LogP contribution is 2.43. The van der Waals surface area contributed by atoms with Crippen LogP contribution in [0.3, 0.4) is 0 Å². The first kappa shape index (κ1) is 12.7. The number of carbonyl (C=O) groups excluding carboxylic acids is 1. The standard InChI is InChI=1S/C16H22N2O/c1-11(15(19)18-14-6-3-7-14)12-4-2-5-13(10-12)16(17)8-9-16/h2,4-5,10-11,14H,3,6-9,17H2,1H3,(H,18,19). The van der Waals surface area contributed by atoms with Crippen molar-refractivity contribution in [3.8, 4) is 0 Å². The van der Waals surface area contributed by atoms with E-state index in [1.54, 1.807) is 0 Å². The fourth-order valence-electron chi connectivity index (χ4n) is 2.57. The highest BCUT2D eigenvalue weighted by atomic mass is 16.1. The molecule has 0 radical (unpaired) electrons. The highest BCUT2D eigenvalue weighted by Gasteiger charge is 2.40. The van der Waals surface area contributed by atoms with E-state index >= 15 is 0 Å². The van der Waals surface area contributed by atoms with Gasteiger partial charge in [-0.2, -0.15) is 0 Å². The first-order valence-corrected chi connectivity index (χ1v) is 7.28. The summed E-state index contributed by atoms with van der Waals surface area (Å²) < 4.78 is 0. The van der Waals surface area contributed by atoms with Crippen LogP contribution in [0.2, 0.25) is 0 Å². The fraction of sp³-hybridized carbons (Fsp3) is 0.562. The lowest BCUT2D eigenvalue weighted by atomic mass is 9.91. The van der Waals surface area contributed by atoms with E-state index in [9.17, 15) is 4.79 Å². The van der Waals surface area contributed by atoms with E-state index in [4.69, 9.17) is 5.73 Å². The van der Waals surface area contributed by atoms with Crippen molar-refractivity contribution in [2.24, 2.45) is 5.73 Å². The van der Waals surface area contributed by atoms with Gasteiger partial charge in [0.1, 0.15) is 0 Å². The molecule has 2 fully saturated rings. The molecule has 2 saturated carbocycles.